The summed E-state index contributed by atoms with van der Waals surface area (Å²) in [4.78, 5) is 11.3. The Morgan fingerprint density at radius 2 is 2.13 bits per heavy atom. The van der Waals surface area contributed by atoms with Crippen molar-refractivity contribution in [2.24, 2.45) is 5.10 Å². The normalized spacial score (nSPS) is 17.3. The Morgan fingerprint density at radius 1 is 1.35 bits per heavy atom. The molecule has 0 saturated carbocycles. The van der Waals surface area contributed by atoms with E-state index in [1.165, 1.54) is 12.1 Å². The van der Waals surface area contributed by atoms with Crippen LogP contribution in [0.2, 0.25) is 5.02 Å². The van der Waals surface area contributed by atoms with Crippen LogP contribution >= 0.6 is 27.5 Å². The Kier molecular flexibility index (Phi) is 4.37. The van der Waals surface area contributed by atoms with E-state index in [-0.39, 0.29) is 23.2 Å². The standard InChI is InChI=1S/C16H11BrClFN2O2/c17-10-2-1-3-11(7-10)21-15(8-14(20-21)16(22)23)9-4-5-13(19)12(18)6-9/h1-7,15H,8H2,(H,22,23). The van der Waals surface area contributed by atoms with Crippen LogP contribution in [0.4, 0.5) is 10.1 Å². The summed E-state index contributed by atoms with van der Waals surface area (Å²) in [5.74, 6) is -1.58. The molecule has 118 valence electrons. The first-order valence-corrected chi connectivity index (χ1v) is 7.93. The van der Waals surface area contributed by atoms with E-state index < -0.39 is 11.8 Å². The number of hydrogen-bond donors (Lipinski definition) is 1. The second kappa shape index (κ2) is 6.29. The van der Waals surface area contributed by atoms with Crippen molar-refractivity contribution in [3.8, 4) is 0 Å². The lowest BCUT2D eigenvalue weighted by Crippen LogP contribution is -2.18. The zero-order valence-electron chi connectivity index (χ0n) is 11.7. The van der Waals surface area contributed by atoms with E-state index in [1.807, 2.05) is 24.3 Å². The summed E-state index contributed by atoms with van der Waals surface area (Å²) in [7, 11) is 0. The fourth-order valence-electron chi connectivity index (χ4n) is 2.48. The smallest absolute Gasteiger partial charge is 0.352 e. The quantitative estimate of drug-likeness (QED) is 0.821. The van der Waals surface area contributed by atoms with E-state index in [1.54, 1.807) is 11.1 Å². The van der Waals surface area contributed by atoms with Crippen LogP contribution < -0.4 is 5.01 Å². The largest absolute Gasteiger partial charge is 0.477 e. The monoisotopic (exact) mass is 396 g/mol. The van der Waals surface area contributed by atoms with Gasteiger partial charge in [-0.25, -0.2) is 9.18 Å². The third-order valence-electron chi connectivity index (χ3n) is 3.56. The maximum Gasteiger partial charge on any atom is 0.352 e. The van der Waals surface area contributed by atoms with Crippen LogP contribution in [0, 0.1) is 5.82 Å². The number of hydrogen-bond acceptors (Lipinski definition) is 3. The van der Waals surface area contributed by atoms with Crippen LogP contribution in [0.25, 0.3) is 0 Å². The highest BCUT2D eigenvalue weighted by atomic mass is 79.9. The highest BCUT2D eigenvalue weighted by Gasteiger charge is 2.32. The fourth-order valence-corrected chi connectivity index (χ4v) is 3.05. The lowest BCUT2D eigenvalue weighted by molar-refractivity contribution is -0.129. The predicted molar refractivity (Wildman–Crippen MR) is 90.5 cm³/mol. The SMILES string of the molecule is O=C(O)C1=NN(c2cccc(Br)c2)C(c2ccc(F)c(Cl)c2)C1. The minimum Gasteiger partial charge on any atom is -0.477 e. The first kappa shape index (κ1) is 16.0. The van der Waals surface area contributed by atoms with Crippen molar-refractivity contribution in [2.45, 2.75) is 12.5 Å². The topological polar surface area (TPSA) is 52.9 Å². The van der Waals surface area contributed by atoms with Crippen molar-refractivity contribution in [1.29, 1.82) is 0 Å². The Hall–Kier alpha value is -1.92. The maximum absolute atomic E-state index is 13.4. The molecule has 0 aromatic heterocycles. The summed E-state index contributed by atoms with van der Waals surface area (Å²) in [6, 6.07) is 11.4. The van der Waals surface area contributed by atoms with Gasteiger partial charge >= 0.3 is 5.97 Å². The first-order valence-electron chi connectivity index (χ1n) is 6.76. The number of aliphatic carboxylic acids is 1. The number of carbonyl (C=O) groups is 1. The summed E-state index contributed by atoms with van der Waals surface area (Å²) in [6.07, 6.45) is 0.212. The van der Waals surface area contributed by atoms with E-state index in [2.05, 4.69) is 21.0 Å². The number of rotatable bonds is 3. The third-order valence-corrected chi connectivity index (χ3v) is 4.34. The number of hydrazone groups is 1. The van der Waals surface area contributed by atoms with Crippen LogP contribution in [0.1, 0.15) is 18.0 Å². The van der Waals surface area contributed by atoms with Gasteiger partial charge in [0.1, 0.15) is 11.5 Å². The van der Waals surface area contributed by atoms with E-state index >= 15 is 0 Å². The Balaban J connectivity index is 2.04. The molecule has 0 aliphatic carbocycles. The molecule has 23 heavy (non-hydrogen) atoms. The van der Waals surface area contributed by atoms with Gasteiger partial charge in [-0.1, -0.05) is 39.7 Å². The van der Waals surface area contributed by atoms with E-state index in [0.717, 1.165) is 10.2 Å². The molecule has 2 aromatic carbocycles. The third kappa shape index (κ3) is 3.23. The number of benzene rings is 2. The molecular weight excluding hydrogens is 387 g/mol. The predicted octanol–water partition coefficient (Wildman–Crippen LogP) is 4.63. The summed E-state index contributed by atoms with van der Waals surface area (Å²) >= 11 is 9.24. The second-order valence-electron chi connectivity index (χ2n) is 5.07. The van der Waals surface area contributed by atoms with Crippen LogP contribution in [0.3, 0.4) is 0 Å². The number of nitrogens with zero attached hydrogens (tertiary/aromatic N) is 2. The van der Waals surface area contributed by atoms with Crippen molar-refractivity contribution in [3.05, 3.63) is 63.3 Å². The number of halogens is 3. The Labute approximate surface area is 145 Å². The lowest BCUT2D eigenvalue weighted by Gasteiger charge is -2.24. The first-order chi connectivity index (χ1) is 11.0. The van der Waals surface area contributed by atoms with Crippen LogP contribution in [-0.2, 0) is 4.79 Å². The average Bonchev–Trinajstić information content (AvgIpc) is 2.95. The molecule has 0 radical (unpaired) electrons. The molecule has 7 heteroatoms. The zero-order chi connectivity index (χ0) is 16.6. The molecule has 0 bridgehead atoms. The molecule has 0 spiro atoms. The number of anilines is 1. The number of carboxylic acids is 1. The molecule has 2 aromatic rings. The van der Waals surface area contributed by atoms with Crippen LogP contribution in [-0.4, -0.2) is 16.8 Å². The van der Waals surface area contributed by atoms with Crippen LogP contribution in [0.5, 0.6) is 0 Å². The van der Waals surface area contributed by atoms with Crippen molar-refractivity contribution in [2.75, 3.05) is 5.01 Å². The summed E-state index contributed by atoms with van der Waals surface area (Å²) in [5, 5.41) is 15.1. The van der Waals surface area contributed by atoms with Crippen molar-refractivity contribution < 1.29 is 14.3 Å². The minimum atomic E-state index is -1.07. The Morgan fingerprint density at radius 3 is 2.78 bits per heavy atom. The summed E-state index contributed by atoms with van der Waals surface area (Å²) in [5.41, 5.74) is 1.49. The highest BCUT2D eigenvalue weighted by Crippen LogP contribution is 2.37. The number of carboxylic acid groups (broad SMARTS) is 1. The molecule has 0 saturated heterocycles. The van der Waals surface area contributed by atoms with Gasteiger partial charge in [0.2, 0.25) is 0 Å². The molecule has 1 aliphatic heterocycles. The molecule has 1 heterocycles. The van der Waals surface area contributed by atoms with Crippen molar-refractivity contribution >= 4 is 44.9 Å². The van der Waals surface area contributed by atoms with Gasteiger partial charge < -0.3 is 5.11 Å². The molecule has 0 fully saturated rings. The van der Waals surface area contributed by atoms with Gasteiger partial charge in [0.05, 0.1) is 16.8 Å². The van der Waals surface area contributed by atoms with E-state index in [4.69, 9.17) is 11.6 Å². The lowest BCUT2D eigenvalue weighted by atomic mass is 10.0. The van der Waals surface area contributed by atoms with Crippen molar-refractivity contribution in [3.63, 3.8) is 0 Å². The molecule has 1 atom stereocenters. The molecule has 4 nitrogen and oxygen atoms in total. The van der Waals surface area contributed by atoms with Gasteiger partial charge in [-0.2, -0.15) is 5.10 Å². The fraction of sp³-hybridized carbons (Fsp3) is 0.125. The molecule has 3 rings (SSSR count). The Bertz CT molecular complexity index is 812. The summed E-state index contributed by atoms with van der Waals surface area (Å²) < 4.78 is 14.2. The van der Waals surface area contributed by atoms with Gasteiger partial charge in [-0.15, -0.1) is 0 Å². The zero-order valence-corrected chi connectivity index (χ0v) is 14.1. The van der Waals surface area contributed by atoms with E-state index in [9.17, 15) is 14.3 Å². The molecule has 1 N–H and O–H groups in total. The van der Waals surface area contributed by atoms with Gasteiger partial charge in [0, 0.05) is 10.9 Å². The van der Waals surface area contributed by atoms with Crippen molar-refractivity contribution in [1.82, 2.24) is 0 Å². The van der Waals surface area contributed by atoms with Gasteiger partial charge in [0.25, 0.3) is 0 Å². The molecule has 0 amide bonds. The van der Waals surface area contributed by atoms with Crippen LogP contribution in [0.15, 0.2) is 52.0 Å². The average molecular weight is 398 g/mol. The van der Waals surface area contributed by atoms with Gasteiger partial charge in [0.15, 0.2) is 0 Å². The van der Waals surface area contributed by atoms with Gasteiger partial charge in [-0.05, 0) is 35.9 Å². The van der Waals surface area contributed by atoms with Gasteiger partial charge in [-0.3, -0.25) is 5.01 Å². The molecular formula is C16H11BrClFN2O2. The minimum absolute atomic E-state index is 0.000433. The molecule has 1 unspecified atom stereocenters. The summed E-state index contributed by atoms with van der Waals surface area (Å²) in [6.45, 7) is 0. The highest BCUT2D eigenvalue weighted by molar-refractivity contribution is 9.10. The maximum atomic E-state index is 13.4. The molecule has 1 aliphatic rings. The second-order valence-corrected chi connectivity index (χ2v) is 6.39. The van der Waals surface area contributed by atoms with E-state index in [0.29, 0.717) is 5.56 Å².